The predicted molar refractivity (Wildman–Crippen MR) is 65.1 cm³/mol. The zero-order chi connectivity index (χ0) is 13.5. The predicted octanol–water partition coefficient (Wildman–Crippen LogP) is 1.84. The third kappa shape index (κ3) is 3.48. The second-order valence-electron chi connectivity index (χ2n) is 3.54. The number of rotatable bonds is 6. The summed E-state index contributed by atoms with van der Waals surface area (Å²) in [6, 6.07) is 4.71. The Bertz CT molecular complexity index is 427. The fourth-order valence-electron chi connectivity index (χ4n) is 1.35. The molecule has 5 heteroatoms. The Balaban J connectivity index is 2.83. The lowest BCUT2D eigenvalue weighted by Crippen LogP contribution is -2.26. The van der Waals surface area contributed by atoms with E-state index < -0.39 is 12.1 Å². The molecular weight excluding hydrogens is 236 g/mol. The SMILES string of the molecule is CCOC(=O)[C@@H](C)Oc1ccc(C=O)cc1OC. The van der Waals surface area contributed by atoms with Gasteiger partial charge < -0.3 is 14.2 Å². The summed E-state index contributed by atoms with van der Waals surface area (Å²) in [5.74, 6) is 0.346. The van der Waals surface area contributed by atoms with E-state index in [0.29, 0.717) is 30.0 Å². The van der Waals surface area contributed by atoms with E-state index in [-0.39, 0.29) is 0 Å². The third-order valence-electron chi connectivity index (χ3n) is 2.25. The normalized spacial score (nSPS) is 11.5. The number of carbonyl (C=O) groups excluding carboxylic acids is 2. The molecule has 0 spiro atoms. The lowest BCUT2D eigenvalue weighted by molar-refractivity contribution is -0.150. The summed E-state index contributed by atoms with van der Waals surface area (Å²) in [6.45, 7) is 3.61. The highest BCUT2D eigenvalue weighted by Crippen LogP contribution is 2.28. The molecule has 0 aliphatic heterocycles. The van der Waals surface area contributed by atoms with E-state index in [1.165, 1.54) is 7.11 Å². The van der Waals surface area contributed by atoms with Crippen molar-refractivity contribution in [2.75, 3.05) is 13.7 Å². The molecule has 0 aliphatic carbocycles. The van der Waals surface area contributed by atoms with E-state index in [2.05, 4.69) is 0 Å². The maximum Gasteiger partial charge on any atom is 0.347 e. The standard InChI is InChI=1S/C13H16O5/c1-4-17-13(15)9(2)18-11-6-5-10(8-14)7-12(11)16-3/h5-9H,4H2,1-3H3/t9-/m1/s1. The van der Waals surface area contributed by atoms with Crippen molar-refractivity contribution in [3.63, 3.8) is 0 Å². The van der Waals surface area contributed by atoms with Gasteiger partial charge in [0, 0.05) is 5.56 Å². The van der Waals surface area contributed by atoms with Crippen LogP contribution in [0.5, 0.6) is 11.5 Å². The van der Waals surface area contributed by atoms with Crippen LogP contribution in [0, 0.1) is 0 Å². The Morgan fingerprint density at radius 2 is 2.11 bits per heavy atom. The van der Waals surface area contributed by atoms with Gasteiger partial charge in [0.25, 0.3) is 0 Å². The van der Waals surface area contributed by atoms with Crippen LogP contribution in [0.4, 0.5) is 0 Å². The molecule has 0 fully saturated rings. The Morgan fingerprint density at radius 3 is 2.67 bits per heavy atom. The Hall–Kier alpha value is -2.04. The van der Waals surface area contributed by atoms with Crippen LogP contribution in [0.1, 0.15) is 24.2 Å². The minimum absolute atomic E-state index is 0.299. The topological polar surface area (TPSA) is 61.8 Å². The first kappa shape index (κ1) is 14.0. The molecule has 98 valence electrons. The molecule has 0 radical (unpaired) electrons. The zero-order valence-electron chi connectivity index (χ0n) is 10.6. The molecule has 0 aromatic heterocycles. The van der Waals surface area contributed by atoms with E-state index in [0.717, 1.165) is 0 Å². The van der Waals surface area contributed by atoms with Crippen molar-refractivity contribution in [2.45, 2.75) is 20.0 Å². The highest BCUT2D eigenvalue weighted by Gasteiger charge is 2.17. The van der Waals surface area contributed by atoms with Crippen molar-refractivity contribution < 1.29 is 23.8 Å². The minimum atomic E-state index is -0.735. The first-order valence-corrected chi connectivity index (χ1v) is 5.58. The number of esters is 1. The summed E-state index contributed by atoms with van der Waals surface area (Å²) in [5.41, 5.74) is 0.475. The first-order valence-electron chi connectivity index (χ1n) is 5.58. The monoisotopic (exact) mass is 252 g/mol. The highest BCUT2D eigenvalue weighted by molar-refractivity contribution is 5.77. The largest absolute Gasteiger partial charge is 0.493 e. The first-order chi connectivity index (χ1) is 8.62. The van der Waals surface area contributed by atoms with Crippen LogP contribution < -0.4 is 9.47 Å². The Labute approximate surface area is 106 Å². The van der Waals surface area contributed by atoms with E-state index in [1.54, 1.807) is 32.0 Å². The van der Waals surface area contributed by atoms with Gasteiger partial charge in [0.2, 0.25) is 0 Å². The van der Waals surface area contributed by atoms with Crippen molar-refractivity contribution in [3.8, 4) is 11.5 Å². The molecule has 0 heterocycles. The maximum absolute atomic E-state index is 11.4. The number of hydrogen-bond donors (Lipinski definition) is 0. The smallest absolute Gasteiger partial charge is 0.347 e. The fraction of sp³-hybridized carbons (Fsp3) is 0.385. The number of hydrogen-bond acceptors (Lipinski definition) is 5. The maximum atomic E-state index is 11.4. The van der Waals surface area contributed by atoms with Gasteiger partial charge in [0.05, 0.1) is 13.7 Å². The second kappa shape index (κ2) is 6.64. The molecule has 0 N–H and O–H groups in total. The molecule has 1 aromatic carbocycles. The van der Waals surface area contributed by atoms with Crippen molar-refractivity contribution >= 4 is 12.3 Å². The van der Waals surface area contributed by atoms with Gasteiger partial charge in [-0.15, -0.1) is 0 Å². The summed E-state index contributed by atoms with van der Waals surface area (Å²) in [6.07, 6.45) is -0.0258. The zero-order valence-corrected chi connectivity index (χ0v) is 10.6. The lowest BCUT2D eigenvalue weighted by atomic mass is 10.2. The van der Waals surface area contributed by atoms with Gasteiger partial charge in [-0.25, -0.2) is 4.79 Å². The van der Waals surface area contributed by atoms with Gasteiger partial charge in [0.1, 0.15) is 6.29 Å². The molecule has 0 aliphatic rings. The molecule has 18 heavy (non-hydrogen) atoms. The van der Waals surface area contributed by atoms with Crippen LogP contribution in [-0.2, 0) is 9.53 Å². The van der Waals surface area contributed by atoms with Crippen molar-refractivity contribution in [2.24, 2.45) is 0 Å². The van der Waals surface area contributed by atoms with Gasteiger partial charge in [-0.2, -0.15) is 0 Å². The van der Waals surface area contributed by atoms with Crippen molar-refractivity contribution in [1.82, 2.24) is 0 Å². The molecule has 0 bridgehead atoms. The molecule has 0 saturated carbocycles. The lowest BCUT2D eigenvalue weighted by Gasteiger charge is -2.15. The Morgan fingerprint density at radius 1 is 1.39 bits per heavy atom. The average molecular weight is 252 g/mol. The number of methoxy groups -OCH3 is 1. The molecule has 1 aromatic rings. The molecular formula is C13H16O5. The highest BCUT2D eigenvalue weighted by atomic mass is 16.6. The number of ether oxygens (including phenoxy) is 3. The molecule has 0 unspecified atom stereocenters. The van der Waals surface area contributed by atoms with Crippen LogP contribution in [0.3, 0.4) is 0 Å². The van der Waals surface area contributed by atoms with E-state index in [4.69, 9.17) is 14.2 Å². The number of aldehydes is 1. The van der Waals surface area contributed by atoms with Crippen LogP contribution in [0.2, 0.25) is 0 Å². The van der Waals surface area contributed by atoms with Crippen LogP contribution >= 0.6 is 0 Å². The Kier molecular flexibility index (Phi) is 5.17. The minimum Gasteiger partial charge on any atom is -0.493 e. The van der Waals surface area contributed by atoms with E-state index >= 15 is 0 Å². The van der Waals surface area contributed by atoms with Crippen LogP contribution in [-0.4, -0.2) is 32.1 Å². The third-order valence-corrected chi connectivity index (χ3v) is 2.25. The van der Waals surface area contributed by atoms with Gasteiger partial charge in [-0.05, 0) is 32.0 Å². The number of carbonyl (C=O) groups is 2. The summed E-state index contributed by atoms with van der Waals surface area (Å²) in [5, 5.41) is 0. The quantitative estimate of drug-likeness (QED) is 0.571. The van der Waals surface area contributed by atoms with Gasteiger partial charge >= 0.3 is 5.97 Å². The van der Waals surface area contributed by atoms with Gasteiger partial charge in [-0.1, -0.05) is 0 Å². The van der Waals surface area contributed by atoms with Gasteiger partial charge in [-0.3, -0.25) is 4.79 Å². The summed E-state index contributed by atoms with van der Waals surface area (Å²) in [4.78, 5) is 22.1. The fourth-order valence-corrected chi connectivity index (χ4v) is 1.35. The second-order valence-corrected chi connectivity index (χ2v) is 3.54. The summed E-state index contributed by atoms with van der Waals surface area (Å²) in [7, 11) is 1.46. The molecule has 0 saturated heterocycles. The van der Waals surface area contributed by atoms with Crippen molar-refractivity contribution in [3.05, 3.63) is 23.8 Å². The van der Waals surface area contributed by atoms with Gasteiger partial charge in [0.15, 0.2) is 17.6 Å². The van der Waals surface area contributed by atoms with E-state index in [9.17, 15) is 9.59 Å². The summed E-state index contributed by atoms with van der Waals surface area (Å²) < 4.78 is 15.4. The average Bonchev–Trinajstić information content (AvgIpc) is 2.39. The van der Waals surface area contributed by atoms with Crippen molar-refractivity contribution in [1.29, 1.82) is 0 Å². The molecule has 5 nitrogen and oxygen atoms in total. The molecule has 0 amide bonds. The number of benzene rings is 1. The molecule has 1 atom stereocenters. The van der Waals surface area contributed by atoms with E-state index in [1.807, 2.05) is 0 Å². The van der Waals surface area contributed by atoms with Crippen LogP contribution in [0.15, 0.2) is 18.2 Å². The van der Waals surface area contributed by atoms with Crippen LogP contribution in [0.25, 0.3) is 0 Å². The summed E-state index contributed by atoms with van der Waals surface area (Å²) >= 11 is 0. The molecule has 1 rings (SSSR count).